The first-order valence-corrected chi connectivity index (χ1v) is 7.19. The minimum Gasteiger partial charge on any atom is -0.375 e. The summed E-state index contributed by atoms with van der Waals surface area (Å²) >= 11 is 4.71. The van der Waals surface area contributed by atoms with E-state index in [1.165, 1.54) is 5.39 Å². The van der Waals surface area contributed by atoms with Gasteiger partial charge >= 0.3 is 0 Å². The molecule has 2 heterocycles. The van der Waals surface area contributed by atoms with Gasteiger partial charge in [0, 0.05) is 30.7 Å². The Bertz CT molecular complexity index is 823. The molecule has 3 rings (SSSR count). The van der Waals surface area contributed by atoms with Crippen LogP contribution >= 0.6 is 12.2 Å². The maximum Gasteiger partial charge on any atom is 0.184 e. The fourth-order valence-electron chi connectivity index (χ4n) is 2.28. The number of thiocarbonyl (C=S) groups is 1. The Kier molecular flexibility index (Phi) is 4.11. The zero-order valence-corrected chi connectivity index (χ0v) is 12.6. The smallest absolute Gasteiger partial charge is 0.184 e. The van der Waals surface area contributed by atoms with Gasteiger partial charge in [-0.1, -0.05) is 18.2 Å². The lowest BCUT2D eigenvalue weighted by atomic mass is 10.2. The molecule has 2 aromatic heterocycles. The van der Waals surface area contributed by atoms with Crippen molar-refractivity contribution < 1.29 is 0 Å². The lowest BCUT2D eigenvalue weighted by molar-refractivity contribution is 0.831. The highest BCUT2D eigenvalue weighted by atomic mass is 32.1. The van der Waals surface area contributed by atoms with E-state index in [2.05, 4.69) is 50.5 Å². The molecule has 0 bridgehead atoms. The minimum absolute atomic E-state index is 0.150. The molecule has 1 aromatic carbocycles. The number of fused-ring (bicyclic) bond motifs is 1. The first-order valence-electron chi connectivity index (χ1n) is 6.79. The highest BCUT2D eigenvalue weighted by Gasteiger charge is 2.03. The summed E-state index contributed by atoms with van der Waals surface area (Å²) < 4.78 is 2.19. The molecule has 22 heavy (non-hydrogen) atoms. The normalized spacial score (nSPS) is 11.1. The summed E-state index contributed by atoms with van der Waals surface area (Å²) in [5, 5.41) is 5.32. The molecule has 6 heteroatoms. The molecule has 0 spiro atoms. The van der Waals surface area contributed by atoms with Crippen LogP contribution in [0.4, 0.5) is 0 Å². The number of hydrazone groups is 1. The van der Waals surface area contributed by atoms with Crippen LogP contribution in [0.2, 0.25) is 0 Å². The van der Waals surface area contributed by atoms with Gasteiger partial charge in [-0.05, 0) is 46.9 Å². The fourth-order valence-corrected chi connectivity index (χ4v) is 2.33. The second-order valence-corrected chi connectivity index (χ2v) is 5.30. The molecule has 0 atom stereocenters. The second kappa shape index (κ2) is 6.36. The Morgan fingerprint density at radius 2 is 2.27 bits per heavy atom. The van der Waals surface area contributed by atoms with E-state index in [9.17, 15) is 0 Å². The zero-order valence-electron chi connectivity index (χ0n) is 11.8. The van der Waals surface area contributed by atoms with Gasteiger partial charge < -0.3 is 10.3 Å². The highest BCUT2D eigenvalue weighted by molar-refractivity contribution is 7.80. The third-order valence-electron chi connectivity index (χ3n) is 3.26. The van der Waals surface area contributed by atoms with Crippen LogP contribution in [0.1, 0.15) is 11.1 Å². The van der Waals surface area contributed by atoms with Crippen molar-refractivity contribution in [3.63, 3.8) is 0 Å². The molecule has 3 N–H and O–H groups in total. The van der Waals surface area contributed by atoms with E-state index < -0.39 is 0 Å². The van der Waals surface area contributed by atoms with E-state index in [0.717, 1.165) is 23.2 Å². The number of nitrogens with one attached hydrogen (secondary N) is 1. The van der Waals surface area contributed by atoms with E-state index in [4.69, 9.17) is 18.0 Å². The average molecular weight is 309 g/mol. The minimum atomic E-state index is 0.150. The quantitative estimate of drug-likeness (QED) is 0.441. The van der Waals surface area contributed by atoms with Gasteiger partial charge in [0.1, 0.15) is 0 Å². The van der Waals surface area contributed by atoms with Crippen LogP contribution in [0.15, 0.2) is 60.1 Å². The number of aromatic nitrogens is 2. The molecule has 0 aliphatic carbocycles. The molecule has 110 valence electrons. The van der Waals surface area contributed by atoms with Gasteiger partial charge in [0.15, 0.2) is 5.11 Å². The van der Waals surface area contributed by atoms with E-state index in [0.29, 0.717) is 0 Å². The Balaban J connectivity index is 1.88. The van der Waals surface area contributed by atoms with Crippen LogP contribution in [-0.4, -0.2) is 20.9 Å². The van der Waals surface area contributed by atoms with Crippen LogP contribution in [0.5, 0.6) is 0 Å². The Labute approximate surface area is 133 Å². The summed E-state index contributed by atoms with van der Waals surface area (Å²) in [6.45, 7) is 0.781. The van der Waals surface area contributed by atoms with E-state index >= 15 is 0 Å². The standard InChI is InChI=1S/C16H15N5S/c17-16(22)20-19-10-12-3-4-14-5-7-21(15(14)8-12)11-13-2-1-6-18-9-13/h1-10H,11H2,(H3,17,20,22). The Morgan fingerprint density at radius 3 is 3.05 bits per heavy atom. The van der Waals surface area contributed by atoms with Gasteiger partial charge in [-0.3, -0.25) is 10.4 Å². The number of hydrogen-bond donors (Lipinski definition) is 2. The van der Waals surface area contributed by atoms with Crippen molar-refractivity contribution in [2.75, 3.05) is 0 Å². The molecular weight excluding hydrogens is 294 g/mol. The van der Waals surface area contributed by atoms with E-state index in [1.54, 1.807) is 12.4 Å². The molecular formula is C16H15N5S. The number of nitrogens with zero attached hydrogens (tertiary/aromatic N) is 3. The number of nitrogens with two attached hydrogens (primary N) is 1. The number of hydrogen-bond acceptors (Lipinski definition) is 3. The van der Waals surface area contributed by atoms with Crippen molar-refractivity contribution in [2.24, 2.45) is 10.8 Å². The maximum atomic E-state index is 5.34. The van der Waals surface area contributed by atoms with Crippen molar-refractivity contribution in [1.29, 1.82) is 0 Å². The summed E-state index contributed by atoms with van der Waals surface area (Å²) in [4.78, 5) is 4.15. The van der Waals surface area contributed by atoms with E-state index in [1.807, 2.05) is 18.3 Å². The molecule has 0 saturated carbocycles. The summed E-state index contributed by atoms with van der Waals surface area (Å²) in [5.41, 5.74) is 11.2. The SMILES string of the molecule is NC(=S)NN=Cc1ccc2ccn(Cc3cccnc3)c2c1. The monoisotopic (exact) mass is 309 g/mol. The highest BCUT2D eigenvalue weighted by Crippen LogP contribution is 2.18. The largest absolute Gasteiger partial charge is 0.375 e. The zero-order chi connectivity index (χ0) is 15.4. The van der Waals surface area contributed by atoms with Crippen molar-refractivity contribution >= 4 is 34.4 Å². The van der Waals surface area contributed by atoms with Crippen LogP contribution in [0.3, 0.4) is 0 Å². The fraction of sp³-hybridized carbons (Fsp3) is 0.0625. The number of benzene rings is 1. The van der Waals surface area contributed by atoms with Crippen LogP contribution in [-0.2, 0) is 6.54 Å². The Morgan fingerprint density at radius 1 is 1.36 bits per heavy atom. The van der Waals surface area contributed by atoms with Gasteiger partial charge in [0.2, 0.25) is 0 Å². The molecule has 0 radical (unpaired) electrons. The van der Waals surface area contributed by atoms with Gasteiger partial charge in [0.25, 0.3) is 0 Å². The number of rotatable bonds is 4. The van der Waals surface area contributed by atoms with Crippen molar-refractivity contribution in [2.45, 2.75) is 6.54 Å². The molecule has 0 aliphatic rings. The second-order valence-electron chi connectivity index (χ2n) is 4.86. The van der Waals surface area contributed by atoms with Crippen molar-refractivity contribution in [1.82, 2.24) is 15.0 Å². The van der Waals surface area contributed by atoms with Crippen LogP contribution < -0.4 is 11.2 Å². The molecule has 0 aliphatic heterocycles. The van der Waals surface area contributed by atoms with Gasteiger partial charge in [-0.15, -0.1) is 0 Å². The average Bonchev–Trinajstić information content (AvgIpc) is 2.91. The maximum absolute atomic E-state index is 5.34. The topological polar surface area (TPSA) is 68.2 Å². The third-order valence-corrected chi connectivity index (χ3v) is 3.35. The molecule has 0 saturated heterocycles. The van der Waals surface area contributed by atoms with Gasteiger partial charge in [0.05, 0.1) is 6.21 Å². The summed E-state index contributed by atoms with van der Waals surface area (Å²) in [6.07, 6.45) is 7.43. The molecule has 0 fully saturated rings. The predicted molar refractivity (Wildman–Crippen MR) is 92.8 cm³/mol. The molecule has 0 amide bonds. The molecule has 0 unspecified atom stereocenters. The first kappa shape index (κ1) is 14.2. The van der Waals surface area contributed by atoms with Crippen LogP contribution in [0.25, 0.3) is 10.9 Å². The predicted octanol–water partition coefficient (Wildman–Crippen LogP) is 2.25. The first-order chi connectivity index (χ1) is 10.7. The Hall–Kier alpha value is -2.73. The molecule has 5 nitrogen and oxygen atoms in total. The lowest BCUT2D eigenvalue weighted by Crippen LogP contribution is -2.23. The van der Waals surface area contributed by atoms with Gasteiger partial charge in [-0.25, -0.2) is 0 Å². The summed E-state index contributed by atoms with van der Waals surface area (Å²) in [5.74, 6) is 0. The van der Waals surface area contributed by atoms with Crippen LogP contribution in [0, 0.1) is 0 Å². The van der Waals surface area contributed by atoms with Gasteiger partial charge in [-0.2, -0.15) is 5.10 Å². The summed E-state index contributed by atoms with van der Waals surface area (Å²) in [7, 11) is 0. The van der Waals surface area contributed by atoms with Crippen molar-refractivity contribution in [3.8, 4) is 0 Å². The summed E-state index contributed by atoms with van der Waals surface area (Å²) in [6, 6.07) is 12.3. The lowest BCUT2D eigenvalue weighted by Gasteiger charge is -2.06. The number of pyridine rings is 1. The third kappa shape index (κ3) is 3.29. The molecule has 3 aromatic rings. The van der Waals surface area contributed by atoms with Crippen molar-refractivity contribution in [3.05, 3.63) is 66.1 Å². The van der Waals surface area contributed by atoms with E-state index in [-0.39, 0.29) is 5.11 Å².